The Hall–Kier alpha value is -1.02. The van der Waals surface area contributed by atoms with Crippen LogP contribution >= 0.6 is 11.6 Å². The van der Waals surface area contributed by atoms with Gasteiger partial charge in [-0.1, -0.05) is 43.0 Å². The third kappa shape index (κ3) is 2.06. The fourth-order valence-corrected chi connectivity index (χ4v) is 4.26. The summed E-state index contributed by atoms with van der Waals surface area (Å²) in [5.41, 5.74) is 0.554. The van der Waals surface area contributed by atoms with Crippen LogP contribution in [-0.4, -0.2) is 11.1 Å². The Morgan fingerprint density at radius 1 is 1.05 bits per heavy atom. The molecule has 0 bridgehead atoms. The molecule has 0 amide bonds. The van der Waals surface area contributed by atoms with Gasteiger partial charge >= 0.3 is 5.97 Å². The maximum atomic E-state index is 11.8. The molecule has 0 aromatic heterocycles. The zero-order valence-corrected chi connectivity index (χ0v) is 11.7. The van der Waals surface area contributed by atoms with Crippen LogP contribution in [0.1, 0.15) is 50.5 Å². The number of hydrogen-bond acceptors (Lipinski definition) is 1. The lowest BCUT2D eigenvalue weighted by molar-refractivity contribution is -0.156. The predicted molar refractivity (Wildman–Crippen MR) is 75.5 cm³/mol. The molecule has 0 unspecified atom stereocenters. The van der Waals surface area contributed by atoms with E-state index in [2.05, 4.69) is 0 Å². The van der Waals surface area contributed by atoms with Gasteiger partial charge in [0.25, 0.3) is 0 Å². The van der Waals surface area contributed by atoms with Gasteiger partial charge in [-0.3, -0.25) is 4.79 Å². The van der Waals surface area contributed by atoms with Crippen molar-refractivity contribution in [3.63, 3.8) is 0 Å². The van der Waals surface area contributed by atoms with Gasteiger partial charge in [0.2, 0.25) is 0 Å². The van der Waals surface area contributed by atoms with Crippen LogP contribution in [0.5, 0.6) is 0 Å². The van der Waals surface area contributed by atoms with Crippen molar-refractivity contribution in [3.8, 4) is 0 Å². The van der Waals surface area contributed by atoms with Gasteiger partial charge < -0.3 is 5.11 Å². The standard InChI is InChI=1S/C16H19ClO2/c17-13-6-4-12(5-7-13)16(14(18)19)10-15(11-16)8-2-1-3-9-15/h4-7H,1-3,8-11H2,(H,18,19). The van der Waals surface area contributed by atoms with Crippen molar-refractivity contribution in [3.05, 3.63) is 34.9 Å². The Morgan fingerprint density at radius 3 is 2.16 bits per heavy atom. The molecule has 2 nitrogen and oxygen atoms in total. The molecular weight excluding hydrogens is 260 g/mol. The molecule has 102 valence electrons. The van der Waals surface area contributed by atoms with Gasteiger partial charge in [0.1, 0.15) is 0 Å². The average molecular weight is 279 g/mol. The quantitative estimate of drug-likeness (QED) is 0.870. The summed E-state index contributed by atoms with van der Waals surface area (Å²) in [5, 5.41) is 10.4. The van der Waals surface area contributed by atoms with E-state index in [0.717, 1.165) is 18.4 Å². The van der Waals surface area contributed by atoms with Gasteiger partial charge in [-0.25, -0.2) is 0 Å². The molecule has 0 aliphatic heterocycles. The van der Waals surface area contributed by atoms with Gasteiger partial charge in [-0.05, 0) is 48.8 Å². The molecule has 1 N–H and O–H groups in total. The number of rotatable bonds is 2. The van der Waals surface area contributed by atoms with E-state index in [1.165, 1.54) is 32.1 Å². The summed E-state index contributed by atoms with van der Waals surface area (Å²) < 4.78 is 0. The first kappa shape index (κ1) is 13.0. The summed E-state index contributed by atoms with van der Waals surface area (Å²) in [4.78, 5) is 11.8. The molecule has 1 spiro atoms. The first-order valence-electron chi connectivity index (χ1n) is 7.06. The van der Waals surface area contributed by atoms with E-state index in [1.807, 2.05) is 12.1 Å². The van der Waals surface area contributed by atoms with Crippen LogP contribution in [0.3, 0.4) is 0 Å². The van der Waals surface area contributed by atoms with Crippen LogP contribution in [0, 0.1) is 5.41 Å². The zero-order chi connectivity index (χ0) is 13.5. The van der Waals surface area contributed by atoms with E-state index in [4.69, 9.17) is 11.6 Å². The van der Waals surface area contributed by atoms with Crippen LogP contribution in [-0.2, 0) is 10.2 Å². The van der Waals surface area contributed by atoms with Gasteiger partial charge in [0.15, 0.2) is 0 Å². The molecule has 0 heterocycles. The van der Waals surface area contributed by atoms with E-state index >= 15 is 0 Å². The number of halogens is 1. The molecule has 3 rings (SSSR count). The summed E-state index contributed by atoms with van der Waals surface area (Å²) in [6, 6.07) is 7.36. The van der Waals surface area contributed by atoms with Crippen LogP contribution in [0.2, 0.25) is 5.02 Å². The smallest absolute Gasteiger partial charge is 0.314 e. The van der Waals surface area contributed by atoms with E-state index in [9.17, 15) is 9.90 Å². The number of carbonyl (C=O) groups is 1. The highest BCUT2D eigenvalue weighted by Crippen LogP contribution is 2.62. The third-order valence-corrected chi connectivity index (χ3v) is 5.33. The van der Waals surface area contributed by atoms with Crippen molar-refractivity contribution in [1.29, 1.82) is 0 Å². The normalized spacial score (nSPS) is 23.8. The molecule has 2 aliphatic rings. The van der Waals surface area contributed by atoms with E-state index in [1.54, 1.807) is 12.1 Å². The Labute approximate surface area is 118 Å². The van der Waals surface area contributed by atoms with Crippen molar-refractivity contribution < 1.29 is 9.90 Å². The Kier molecular flexibility index (Phi) is 3.09. The molecular formula is C16H19ClO2. The van der Waals surface area contributed by atoms with Gasteiger partial charge in [-0.2, -0.15) is 0 Å². The van der Waals surface area contributed by atoms with E-state index < -0.39 is 11.4 Å². The number of hydrogen-bond donors (Lipinski definition) is 1. The fourth-order valence-electron chi connectivity index (χ4n) is 4.13. The third-order valence-electron chi connectivity index (χ3n) is 5.07. The van der Waals surface area contributed by atoms with Crippen molar-refractivity contribution in [2.24, 2.45) is 5.41 Å². The maximum Gasteiger partial charge on any atom is 0.314 e. The van der Waals surface area contributed by atoms with Crippen LogP contribution in [0.25, 0.3) is 0 Å². The minimum atomic E-state index is -0.675. The van der Waals surface area contributed by atoms with Crippen molar-refractivity contribution >= 4 is 17.6 Å². The van der Waals surface area contributed by atoms with E-state index in [-0.39, 0.29) is 0 Å². The predicted octanol–water partition coefficient (Wildman–Crippen LogP) is 4.41. The maximum absolute atomic E-state index is 11.8. The SMILES string of the molecule is O=C(O)C1(c2ccc(Cl)cc2)CC2(CCCCC2)C1. The monoisotopic (exact) mass is 278 g/mol. The zero-order valence-electron chi connectivity index (χ0n) is 11.0. The second-order valence-corrected chi connectivity index (χ2v) is 6.74. The molecule has 1 aromatic carbocycles. The Balaban J connectivity index is 1.87. The van der Waals surface area contributed by atoms with Crippen molar-refractivity contribution in [1.82, 2.24) is 0 Å². The number of carboxylic acids is 1. The first-order chi connectivity index (χ1) is 9.06. The molecule has 0 atom stereocenters. The summed E-state index contributed by atoms with van der Waals surface area (Å²) >= 11 is 5.90. The highest BCUT2D eigenvalue weighted by atomic mass is 35.5. The van der Waals surface area contributed by atoms with Crippen LogP contribution < -0.4 is 0 Å². The average Bonchev–Trinajstić information content (AvgIpc) is 2.37. The number of benzene rings is 1. The number of carboxylic acid groups (broad SMARTS) is 1. The summed E-state index contributed by atoms with van der Waals surface area (Å²) in [6.45, 7) is 0. The van der Waals surface area contributed by atoms with Gasteiger partial charge in [0.05, 0.1) is 5.41 Å². The Morgan fingerprint density at radius 2 is 1.63 bits per heavy atom. The topological polar surface area (TPSA) is 37.3 Å². The minimum Gasteiger partial charge on any atom is -0.481 e. The summed E-state index contributed by atoms with van der Waals surface area (Å²) in [7, 11) is 0. The Bertz CT molecular complexity index is 478. The van der Waals surface area contributed by atoms with E-state index in [0.29, 0.717) is 10.4 Å². The van der Waals surface area contributed by atoms with Crippen molar-refractivity contribution in [2.45, 2.75) is 50.4 Å². The molecule has 19 heavy (non-hydrogen) atoms. The molecule has 3 heteroatoms. The molecule has 2 saturated carbocycles. The molecule has 2 aliphatic carbocycles. The first-order valence-corrected chi connectivity index (χ1v) is 7.44. The molecule has 0 saturated heterocycles. The lowest BCUT2D eigenvalue weighted by Crippen LogP contribution is -2.55. The molecule has 2 fully saturated rings. The second kappa shape index (κ2) is 4.52. The summed E-state index contributed by atoms with van der Waals surface area (Å²) in [5.74, 6) is -0.675. The van der Waals surface area contributed by atoms with Crippen LogP contribution in [0.15, 0.2) is 24.3 Å². The molecule has 0 radical (unpaired) electrons. The largest absolute Gasteiger partial charge is 0.481 e. The second-order valence-electron chi connectivity index (χ2n) is 6.31. The highest BCUT2D eigenvalue weighted by molar-refractivity contribution is 6.30. The highest BCUT2D eigenvalue weighted by Gasteiger charge is 2.59. The van der Waals surface area contributed by atoms with Crippen LogP contribution in [0.4, 0.5) is 0 Å². The summed E-state index contributed by atoms with van der Waals surface area (Å²) in [6.07, 6.45) is 7.84. The molecule has 1 aromatic rings. The fraction of sp³-hybridized carbons (Fsp3) is 0.562. The van der Waals surface area contributed by atoms with Gasteiger partial charge in [-0.15, -0.1) is 0 Å². The van der Waals surface area contributed by atoms with Crippen molar-refractivity contribution in [2.75, 3.05) is 0 Å². The number of aliphatic carboxylic acids is 1. The minimum absolute atomic E-state index is 0.302. The lowest BCUT2D eigenvalue weighted by atomic mass is 9.46. The van der Waals surface area contributed by atoms with Gasteiger partial charge in [0, 0.05) is 5.02 Å². The lowest BCUT2D eigenvalue weighted by Gasteiger charge is -2.56.